The van der Waals surface area contributed by atoms with Crippen LogP contribution in [0.4, 0.5) is 0 Å². The van der Waals surface area contributed by atoms with Crippen molar-refractivity contribution < 1.29 is 34.2 Å². The molecule has 0 aromatic carbocycles. The number of quaternary nitrogens is 1. The molecule has 0 aromatic rings. The van der Waals surface area contributed by atoms with Gasteiger partial charge in [0.1, 0.15) is 17.8 Å². The van der Waals surface area contributed by atoms with Crippen LogP contribution in [-0.4, -0.2) is 63.9 Å². The summed E-state index contributed by atoms with van der Waals surface area (Å²) < 4.78 is 0.174. The third-order valence-electron chi connectivity index (χ3n) is 6.73. The Balaban J connectivity index is 5.68. The number of unbranched alkanes of at least 4 members (excludes halogenated alkanes) is 6. The molecule has 7 nitrogen and oxygen atoms in total. The first kappa shape index (κ1) is 31.1. The summed E-state index contributed by atoms with van der Waals surface area (Å²) in [6.45, 7) is 8.79. The van der Waals surface area contributed by atoms with Crippen LogP contribution >= 0.6 is 0 Å². The van der Waals surface area contributed by atoms with E-state index in [-0.39, 0.29) is 24.1 Å². The average molecular weight is 471 g/mol. The quantitative estimate of drug-likeness (QED) is 0.117. The van der Waals surface area contributed by atoms with Crippen molar-refractivity contribution in [3.05, 3.63) is 12.2 Å². The number of carbonyl (C=O) groups is 3. The minimum atomic E-state index is -0.914. The maximum Gasteiger partial charge on any atom is 0.312 e. The molecule has 0 saturated heterocycles. The van der Waals surface area contributed by atoms with Gasteiger partial charge < -0.3 is 19.8 Å². The minimum Gasteiger partial charge on any atom is -0.481 e. The second-order valence-corrected chi connectivity index (χ2v) is 9.43. The van der Waals surface area contributed by atoms with Crippen LogP contribution in [0.3, 0.4) is 0 Å². The Kier molecular flexibility index (Phi) is 16.6. The highest BCUT2D eigenvalue weighted by Gasteiger charge is 2.39. The molecule has 0 fully saturated rings. The molecule has 3 atom stereocenters. The zero-order valence-corrected chi connectivity index (χ0v) is 21.3. The van der Waals surface area contributed by atoms with Gasteiger partial charge in [0.2, 0.25) is 0 Å². The fraction of sp³-hybridized carbons (Fsp3) is 0.808. The first-order chi connectivity index (χ1) is 15.7. The minimum absolute atomic E-state index is 0.174. The number of aliphatic carboxylic acids is 3. The lowest BCUT2D eigenvalue weighted by Gasteiger charge is -2.42. The SMILES string of the molecule is CCCCCCCC/C=C/C[N+](CC(CC)C(=O)O)(CC(CC)C(=O)O)CC(CC)C(=O)O. The van der Waals surface area contributed by atoms with Gasteiger partial charge in [0.15, 0.2) is 0 Å². The Hall–Kier alpha value is -1.89. The van der Waals surface area contributed by atoms with E-state index in [2.05, 4.69) is 13.0 Å². The summed E-state index contributed by atoms with van der Waals surface area (Å²) in [7, 11) is 0. The molecule has 3 N–H and O–H groups in total. The van der Waals surface area contributed by atoms with Gasteiger partial charge in [-0.15, -0.1) is 0 Å². The van der Waals surface area contributed by atoms with Crippen LogP contribution in [0, 0.1) is 17.8 Å². The number of carboxylic acids is 3. The molecule has 0 bridgehead atoms. The lowest BCUT2D eigenvalue weighted by Crippen LogP contribution is -2.58. The molecule has 7 heteroatoms. The molecule has 0 aliphatic rings. The van der Waals surface area contributed by atoms with E-state index >= 15 is 0 Å². The highest BCUT2D eigenvalue weighted by atomic mass is 16.4. The predicted octanol–water partition coefficient (Wildman–Crippen LogP) is 5.44. The molecule has 0 heterocycles. The maximum absolute atomic E-state index is 11.8. The molecule has 33 heavy (non-hydrogen) atoms. The predicted molar refractivity (Wildman–Crippen MR) is 131 cm³/mol. The highest BCUT2D eigenvalue weighted by Crippen LogP contribution is 2.24. The van der Waals surface area contributed by atoms with E-state index in [1.807, 2.05) is 26.8 Å². The van der Waals surface area contributed by atoms with Gasteiger partial charge >= 0.3 is 17.9 Å². The van der Waals surface area contributed by atoms with Crippen molar-refractivity contribution in [3.8, 4) is 0 Å². The van der Waals surface area contributed by atoms with Crippen LogP contribution in [0.15, 0.2) is 12.2 Å². The zero-order valence-electron chi connectivity index (χ0n) is 21.3. The number of carboxylic acid groups (broad SMARTS) is 3. The van der Waals surface area contributed by atoms with Gasteiger partial charge in [0.05, 0.1) is 26.2 Å². The number of nitrogens with zero attached hydrogens (tertiary/aromatic N) is 1. The Labute approximate surface area is 200 Å². The van der Waals surface area contributed by atoms with Crippen LogP contribution in [-0.2, 0) is 14.4 Å². The second-order valence-electron chi connectivity index (χ2n) is 9.43. The van der Waals surface area contributed by atoms with Crippen molar-refractivity contribution in [3.63, 3.8) is 0 Å². The standard InChI is InChI=1S/C26H47NO6/c1-5-9-10-11-12-13-14-15-16-17-27(18-21(6-2)24(28)29,19-22(7-3)25(30)31)20-23(8-4)26(32)33/h15-16,21-23H,5-14,17-20H2,1-4H3,(H2-,28,29,30,31,32,33)/p+1/b16-15+. The lowest BCUT2D eigenvalue weighted by atomic mass is 9.96. The summed E-state index contributed by atoms with van der Waals surface area (Å²) >= 11 is 0. The van der Waals surface area contributed by atoms with Crippen molar-refractivity contribution in [2.45, 2.75) is 91.9 Å². The highest BCUT2D eigenvalue weighted by molar-refractivity contribution is 5.71. The Morgan fingerprint density at radius 3 is 1.39 bits per heavy atom. The maximum atomic E-state index is 11.8. The molecule has 0 aromatic heterocycles. The van der Waals surface area contributed by atoms with E-state index < -0.39 is 35.7 Å². The number of hydrogen-bond donors (Lipinski definition) is 3. The summed E-state index contributed by atoms with van der Waals surface area (Å²) in [5.41, 5.74) is 0. The van der Waals surface area contributed by atoms with E-state index in [0.717, 1.165) is 12.8 Å². The van der Waals surface area contributed by atoms with Crippen LogP contribution in [0.25, 0.3) is 0 Å². The zero-order chi connectivity index (χ0) is 25.3. The molecular formula is C26H48NO6+. The summed E-state index contributed by atoms with van der Waals surface area (Å²) in [4.78, 5) is 35.5. The lowest BCUT2D eigenvalue weighted by molar-refractivity contribution is -0.929. The summed E-state index contributed by atoms with van der Waals surface area (Å²) in [6.07, 6.45) is 13.5. The third kappa shape index (κ3) is 12.8. The van der Waals surface area contributed by atoms with Crippen LogP contribution < -0.4 is 0 Å². The van der Waals surface area contributed by atoms with E-state index in [1.165, 1.54) is 32.1 Å². The molecule has 0 spiro atoms. The second kappa shape index (κ2) is 17.6. The number of rotatable bonds is 21. The van der Waals surface area contributed by atoms with Crippen molar-refractivity contribution in [1.29, 1.82) is 0 Å². The molecule has 3 unspecified atom stereocenters. The first-order valence-electron chi connectivity index (χ1n) is 12.8. The topological polar surface area (TPSA) is 112 Å². The molecule has 0 aliphatic heterocycles. The van der Waals surface area contributed by atoms with Crippen LogP contribution in [0.2, 0.25) is 0 Å². The van der Waals surface area contributed by atoms with Gasteiger partial charge in [0, 0.05) is 0 Å². The fourth-order valence-electron chi connectivity index (χ4n) is 4.45. The van der Waals surface area contributed by atoms with Gasteiger partial charge in [-0.2, -0.15) is 0 Å². The normalized spacial score (nSPS) is 16.2. The van der Waals surface area contributed by atoms with Crippen molar-refractivity contribution in [2.75, 3.05) is 26.2 Å². The number of allylic oxidation sites excluding steroid dienone is 1. The molecule has 0 aliphatic carbocycles. The molecule has 0 amide bonds. The monoisotopic (exact) mass is 470 g/mol. The van der Waals surface area contributed by atoms with Crippen LogP contribution in [0.1, 0.15) is 91.9 Å². The summed E-state index contributed by atoms with van der Waals surface area (Å²) in [5, 5.41) is 29.1. The van der Waals surface area contributed by atoms with Crippen molar-refractivity contribution >= 4 is 17.9 Å². The van der Waals surface area contributed by atoms with E-state index in [9.17, 15) is 29.7 Å². The molecule has 192 valence electrons. The molecule has 0 saturated carbocycles. The summed E-state index contributed by atoms with van der Waals surface area (Å²) in [6, 6.07) is 0. The Morgan fingerprint density at radius 2 is 1.03 bits per heavy atom. The molecular weight excluding hydrogens is 422 g/mol. The smallest absolute Gasteiger partial charge is 0.312 e. The third-order valence-corrected chi connectivity index (χ3v) is 6.73. The Morgan fingerprint density at radius 1 is 0.636 bits per heavy atom. The van der Waals surface area contributed by atoms with Gasteiger partial charge in [0.25, 0.3) is 0 Å². The Bertz CT molecular complexity index is 544. The first-order valence-corrected chi connectivity index (χ1v) is 12.8. The van der Waals surface area contributed by atoms with Crippen LogP contribution in [0.5, 0.6) is 0 Å². The summed E-state index contributed by atoms with van der Waals surface area (Å²) in [5.74, 6) is -4.67. The number of hydrogen-bond acceptors (Lipinski definition) is 3. The van der Waals surface area contributed by atoms with Gasteiger partial charge in [-0.05, 0) is 38.2 Å². The van der Waals surface area contributed by atoms with Crippen molar-refractivity contribution in [1.82, 2.24) is 0 Å². The van der Waals surface area contributed by atoms with Gasteiger partial charge in [-0.25, -0.2) is 0 Å². The van der Waals surface area contributed by atoms with Gasteiger partial charge in [-0.3, -0.25) is 14.4 Å². The van der Waals surface area contributed by atoms with Crippen molar-refractivity contribution in [2.24, 2.45) is 17.8 Å². The van der Waals surface area contributed by atoms with E-state index in [1.54, 1.807) is 0 Å². The van der Waals surface area contributed by atoms with E-state index in [0.29, 0.717) is 25.8 Å². The molecule has 0 rings (SSSR count). The van der Waals surface area contributed by atoms with Gasteiger partial charge in [-0.1, -0.05) is 65.9 Å². The molecule has 0 radical (unpaired) electrons. The largest absolute Gasteiger partial charge is 0.481 e. The van der Waals surface area contributed by atoms with E-state index in [4.69, 9.17) is 0 Å². The fourth-order valence-corrected chi connectivity index (χ4v) is 4.45. The average Bonchev–Trinajstić information content (AvgIpc) is 2.77.